The first kappa shape index (κ1) is 18.2. The fourth-order valence-electron chi connectivity index (χ4n) is 2.54. The van der Waals surface area contributed by atoms with E-state index in [4.69, 9.17) is 21.4 Å². The number of carboxylic acids is 1. The Morgan fingerprint density at radius 2 is 2.08 bits per heavy atom. The van der Waals surface area contributed by atoms with E-state index in [-0.39, 0.29) is 31.9 Å². The van der Waals surface area contributed by atoms with Crippen molar-refractivity contribution in [3.05, 3.63) is 29.3 Å². The first-order chi connectivity index (χ1) is 11.4. The maximum Gasteiger partial charge on any atom is 0.326 e. The quantitative estimate of drug-likeness (QED) is 0.769. The van der Waals surface area contributed by atoms with E-state index >= 15 is 0 Å². The molecule has 0 aromatic heterocycles. The molecule has 1 heterocycles. The van der Waals surface area contributed by atoms with Gasteiger partial charge in [-0.2, -0.15) is 0 Å². The summed E-state index contributed by atoms with van der Waals surface area (Å²) in [5.74, 6) is -2.33. The SMILES string of the molecule is COCCC(NC(=O)C1CC(=O)N(c2ccc(Cl)cc2)C1)C(=O)O. The van der Waals surface area contributed by atoms with Crippen LogP contribution in [0.25, 0.3) is 0 Å². The number of hydrogen-bond acceptors (Lipinski definition) is 4. The number of anilines is 1. The summed E-state index contributed by atoms with van der Waals surface area (Å²) in [5, 5.41) is 12.2. The van der Waals surface area contributed by atoms with Gasteiger partial charge >= 0.3 is 5.97 Å². The summed E-state index contributed by atoms with van der Waals surface area (Å²) in [7, 11) is 1.46. The summed E-state index contributed by atoms with van der Waals surface area (Å²) in [6, 6.07) is 5.72. The molecule has 0 bridgehead atoms. The lowest BCUT2D eigenvalue weighted by Gasteiger charge is -2.18. The number of hydrogen-bond donors (Lipinski definition) is 2. The smallest absolute Gasteiger partial charge is 0.326 e. The van der Waals surface area contributed by atoms with Gasteiger partial charge in [-0.3, -0.25) is 9.59 Å². The van der Waals surface area contributed by atoms with Crippen LogP contribution in [0.3, 0.4) is 0 Å². The molecule has 1 aliphatic heterocycles. The Hall–Kier alpha value is -2.12. The number of carbonyl (C=O) groups excluding carboxylic acids is 2. The Morgan fingerprint density at radius 3 is 2.67 bits per heavy atom. The highest BCUT2D eigenvalue weighted by molar-refractivity contribution is 6.30. The van der Waals surface area contributed by atoms with Gasteiger partial charge in [0.25, 0.3) is 0 Å². The largest absolute Gasteiger partial charge is 0.480 e. The summed E-state index contributed by atoms with van der Waals surface area (Å²) in [5.41, 5.74) is 0.661. The van der Waals surface area contributed by atoms with Gasteiger partial charge in [0, 0.05) is 43.8 Å². The number of carboxylic acid groups (broad SMARTS) is 1. The molecular formula is C16H19ClN2O5. The number of amides is 2. The lowest BCUT2D eigenvalue weighted by atomic mass is 10.1. The molecule has 0 saturated carbocycles. The lowest BCUT2D eigenvalue weighted by Crippen LogP contribution is -2.44. The Bertz CT molecular complexity index is 619. The van der Waals surface area contributed by atoms with Gasteiger partial charge in [-0.25, -0.2) is 4.79 Å². The van der Waals surface area contributed by atoms with E-state index in [1.807, 2.05) is 0 Å². The van der Waals surface area contributed by atoms with E-state index in [1.165, 1.54) is 12.0 Å². The van der Waals surface area contributed by atoms with Gasteiger partial charge in [0.1, 0.15) is 6.04 Å². The average Bonchev–Trinajstić information content (AvgIpc) is 2.93. The zero-order valence-corrected chi connectivity index (χ0v) is 14.0. The predicted octanol–water partition coefficient (Wildman–Crippen LogP) is 1.30. The van der Waals surface area contributed by atoms with E-state index in [0.29, 0.717) is 10.7 Å². The number of aliphatic carboxylic acids is 1. The first-order valence-electron chi connectivity index (χ1n) is 7.50. The second kappa shape index (κ2) is 8.12. The van der Waals surface area contributed by atoms with Crippen LogP contribution < -0.4 is 10.2 Å². The maximum atomic E-state index is 12.3. The molecule has 24 heavy (non-hydrogen) atoms. The Morgan fingerprint density at radius 1 is 1.42 bits per heavy atom. The van der Waals surface area contributed by atoms with Crippen molar-refractivity contribution < 1.29 is 24.2 Å². The minimum atomic E-state index is -1.13. The van der Waals surface area contributed by atoms with Crippen molar-refractivity contribution in [2.45, 2.75) is 18.9 Å². The van der Waals surface area contributed by atoms with Gasteiger partial charge in [0.05, 0.1) is 5.92 Å². The number of carbonyl (C=O) groups is 3. The van der Waals surface area contributed by atoms with Crippen molar-refractivity contribution in [2.24, 2.45) is 5.92 Å². The summed E-state index contributed by atoms with van der Waals surface area (Å²) in [6.07, 6.45) is 0.213. The predicted molar refractivity (Wildman–Crippen MR) is 88.0 cm³/mol. The normalized spacial score (nSPS) is 18.5. The fraction of sp³-hybridized carbons (Fsp3) is 0.438. The standard InChI is InChI=1S/C16H19ClN2O5/c1-24-7-6-13(16(22)23)18-15(21)10-8-14(20)19(9-10)12-4-2-11(17)3-5-12/h2-5,10,13H,6-9H2,1H3,(H,18,21)(H,22,23). The Kier molecular flexibility index (Phi) is 6.16. The summed E-state index contributed by atoms with van der Waals surface area (Å²) < 4.78 is 4.84. The third-order valence-corrected chi connectivity index (χ3v) is 4.11. The maximum absolute atomic E-state index is 12.3. The highest BCUT2D eigenvalue weighted by Crippen LogP contribution is 2.26. The highest BCUT2D eigenvalue weighted by atomic mass is 35.5. The zero-order valence-electron chi connectivity index (χ0n) is 13.2. The fourth-order valence-corrected chi connectivity index (χ4v) is 2.66. The topological polar surface area (TPSA) is 95.9 Å². The molecule has 2 unspecified atom stereocenters. The monoisotopic (exact) mass is 354 g/mol. The molecule has 0 radical (unpaired) electrons. The van der Waals surface area contributed by atoms with E-state index in [1.54, 1.807) is 24.3 Å². The number of ether oxygens (including phenoxy) is 1. The van der Waals surface area contributed by atoms with Gasteiger partial charge in [-0.1, -0.05) is 11.6 Å². The molecule has 2 rings (SSSR count). The number of nitrogens with one attached hydrogen (secondary N) is 1. The van der Waals surface area contributed by atoms with Crippen molar-refractivity contribution in [1.29, 1.82) is 0 Å². The van der Waals surface area contributed by atoms with Crippen LogP contribution in [0.2, 0.25) is 5.02 Å². The number of rotatable bonds is 7. The minimum absolute atomic E-state index is 0.0467. The van der Waals surface area contributed by atoms with Crippen LogP contribution in [-0.4, -0.2) is 49.2 Å². The second-order valence-corrected chi connectivity index (χ2v) is 6.00. The van der Waals surface area contributed by atoms with Crippen molar-refractivity contribution in [3.63, 3.8) is 0 Å². The van der Waals surface area contributed by atoms with Gasteiger partial charge in [-0.05, 0) is 24.3 Å². The van der Waals surface area contributed by atoms with Crippen molar-refractivity contribution in [1.82, 2.24) is 5.32 Å². The van der Waals surface area contributed by atoms with E-state index in [9.17, 15) is 14.4 Å². The van der Waals surface area contributed by atoms with Gasteiger partial charge in [-0.15, -0.1) is 0 Å². The molecule has 1 fully saturated rings. The van der Waals surface area contributed by atoms with Crippen LogP contribution in [0, 0.1) is 5.92 Å². The Balaban J connectivity index is 2.00. The minimum Gasteiger partial charge on any atom is -0.480 e. The molecule has 8 heteroatoms. The van der Waals surface area contributed by atoms with E-state index in [2.05, 4.69) is 5.32 Å². The number of methoxy groups -OCH3 is 1. The first-order valence-corrected chi connectivity index (χ1v) is 7.88. The van der Waals surface area contributed by atoms with Crippen molar-refractivity contribution in [3.8, 4) is 0 Å². The molecule has 2 atom stereocenters. The molecule has 1 aromatic rings. The molecule has 0 aliphatic carbocycles. The van der Waals surface area contributed by atoms with Crippen LogP contribution in [0.1, 0.15) is 12.8 Å². The summed E-state index contributed by atoms with van der Waals surface area (Å²) in [6.45, 7) is 0.431. The molecule has 1 saturated heterocycles. The zero-order chi connectivity index (χ0) is 17.7. The highest BCUT2D eigenvalue weighted by Gasteiger charge is 2.36. The lowest BCUT2D eigenvalue weighted by molar-refractivity contribution is -0.142. The van der Waals surface area contributed by atoms with E-state index < -0.39 is 23.8 Å². The summed E-state index contributed by atoms with van der Waals surface area (Å²) in [4.78, 5) is 37.1. The van der Waals surface area contributed by atoms with Gasteiger partial charge in [0.2, 0.25) is 11.8 Å². The van der Waals surface area contributed by atoms with Crippen LogP contribution in [0.15, 0.2) is 24.3 Å². The number of benzene rings is 1. The van der Waals surface area contributed by atoms with Crippen LogP contribution in [0.5, 0.6) is 0 Å². The van der Waals surface area contributed by atoms with Crippen molar-refractivity contribution >= 4 is 35.1 Å². The average molecular weight is 355 g/mol. The summed E-state index contributed by atoms with van der Waals surface area (Å²) >= 11 is 5.83. The molecule has 1 aliphatic rings. The van der Waals surface area contributed by atoms with Crippen LogP contribution >= 0.6 is 11.6 Å². The molecule has 2 N–H and O–H groups in total. The number of halogens is 1. The third kappa shape index (κ3) is 4.46. The van der Waals surface area contributed by atoms with E-state index in [0.717, 1.165) is 0 Å². The molecule has 1 aromatic carbocycles. The molecule has 0 spiro atoms. The van der Waals surface area contributed by atoms with Crippen molar-refractivity contribution in [2.75, 3.05) is 25.2 Å². The number of nitrogens with zero attached hydrogens (tertiary/aromatic N) is 1. The molecule has 2 amide bonds. The third-order valence-electron chi connectivity index (χ3n) is 3.86. The van der Waals surface area contributed by atoms with Crippen LogP contribution in [0.4, 0.5) is 5.69 Å². The van der Waals surface area contributed by atoms with Gasteiger partial charge in [0.15, 0.2) is 0 Å². The molecule has 7 nitrogen and oxygen atoms in total. The Labute approximate surface area is 144 Å². The molecule has 130 valence electrons. The molecular weight excluding hydrogens is 336 g/mol. The van der Waals surface area contributed by atoms with Gasteiger partial charge < -0.3 is 20.1 Å². The van der Waals surface area contributed by atoms with Crippen LogP contribution in [-0.2, 0) is 19.1 Å². The second-order valence-electron chi connectivity index (χ2n) is 5.56.